The van der Waals surface area contributed by atoms with Crippen LogP contribution in [0.2, 0.25) is 0 Å². The van der Waals surface area contributed by atoms with E-state index in [1.807, 2.05) is 6.07 Å². The van der Waals surface area contributed by atoms with Gasteiger partial charge in [0.1, 0.15) is 5.82 Å². The van der Waals surface area contributed by atoms with Gasteiger partial charge >= 0.3 is 0 Å². The molecular weight excluding hydrogens is 256 g/mol. The molecule has 0 radical (unpaired) electrons. The van der Waals surface area contributed by atoms with Gasteiger partial charge in [-0.2, -0.15) is 4.98 Å². The van der Waals surface area contributed by atoms with Crippen molar-refractivity contribution in [3.63, 3.8) is 0 Å². The molecule has 0 bridgehead atoms. The lowest BCUT2D eigenvalue weighted by Gasteiger charge is -2.29. The summed E-state index contributed by atoms with van der Waals surface area (Å²) in [5, 5.41) is 3.21. The van der Waals surface area contributed by atoms with E-state index in [9.17, 15) is 0 Å². The van der Waals surface area contributed by atoms with Gasteiger partial charge in [0.15, 0.2) is 0 Å². The van der Waals surface area contributed by atoms with E-state index in [2.05, 4.69) is 34.0 Å². The summed E-state index contributed by atoms with van der Waals surface area (Å²) in [7, 11) is 3.41. The monoisotopic (exact) mass is 282 g/mol. The minimum absolute atomic E-state index is 0.226. The Balaban J connectivity index is 2.82. The Labute approximate surface area is 121 Å². The van der Waals surface area contributed by atoms with Gasteiger partial charge in [-0.1, -0.05) is 6.92 Å². The molecule has 6 nitrogen and oxygen atoms in total. The number of ether oxygens (including phenoxy) is 2. The molecule has 6 heteroatoms. The highest BCUT2D eigenvalue weighted by Gasteiger charge is 2.16. The Kier molecular flexibility index (Phi) is 7.91. The molecular formula is C14H26N4O2. The van der Waals surface area contributed by atoms with E-state index in [4.69, 9.17) is 9.47 Å². The summed E-state index contributed by atoms with van der Waals surface area (Å²) in [6.07, 6.45) is 2.82. The van der Waals surface area contributed by atoms with E-state index in [1.165, 1.54) is 0 Å². The summed E-state index contributed by atoms with van der Waals surface area (Å²) in [6.45, 7) is 7.16. The molecule has 114 valence electrons. The molecule has 1 aromatic heterocycles. The number of anilines is 2. The van der Waals surface area contributed by atoms with E-state index in [0.29, 0.717) is 19.2 Å². The summed E-state index contributed by atoms with van der Waals surface area (Å²) in [6, 6.07) is 2.14. The average Bonchev–Trinajstić information content (AvgIpc) is 2.46. The van der Waals surface area contributed by atoms with Gasteiger partial charge in [-0.3, -0.25) is 0 Å². The molecule has 1 N–H and O–H groups in total. The number of hydrogen-bond donors (Lipinski definition) is 1. The van der Waals surface area contributed by atoms with Crippen molar-refractivity contribution in [3.8, 4) is 0 Å². The van der Waals surface area contributed by atoms with Crippen LogP contribution in [0.5, 0.6) is 0 Å². The van der Waals surface area contributed by atoms with Gasteiger partial charge < -0.3 is 19.7 Å². The maximum atomic E-state index is 5.24. The Bertz CT molecular complexity index is 376. The molecule has 0 aliphatic heterocycles. The number of aromatic nitrogens is 2. The number of rotatable bonds is 10. The molecule has 0 spiro atoms. The molecule has 0 fully saturated rings. The fourth-order valence-electron chi connectivity index (χ4n) is 1.91. The van der Waals surface area contributed by atoms with Crippen molar-refractivity contribution >= 4 is 11.8 Å². The predicted molar refractivity (Wildman–Crippen MR) is 81.4 cm³/mol. The summed E-state index contributed by atoms with van der Waals surface area (Å²) in [5.41, 5.74) is 0. The maximum Gasteiger partial charge on any atom is 0.224 e. The lowest BCUT2D eigenvalue weighted by molar-refractivity contribution is 0.170. The van der Waals surface area contributed by atoms with E-state index in [-0.39, 0.29) is 6.04 Å². The van der Waals surface area contributed by atoms with Gasteiger partial charge in [0.2, 0.25) is 5.95 Å². The average molecular weight is 282 g/mol. The number of methoxy groups -OCH3 is 2. The topological polar surface area (TPSA) is 59.5 Å². The molecule has 0 aliphatic rings. The van der Waals surface area contributed by atoms with Crippen LogP contribution in [0.4, 0.5) is 11.8 Å². The van der Waals surface area contributed by atoms with E-state index < -0.39 is 0 Å². The standard InChI is InChI=1S/C14H26N4O2/c1-5-7-15-14-16-8-6-13(17-14)18(9-10-19-3)12(2)11-20-4/h6,8,12H,5,7,9-11H2,1-4H3,(H,15,16,17). The van der Waals surface area contributed by atoms with Crippen LogP contribution >= 0.6 is 0 Å². The number of nitrogens with zero attached hydrogens (tertiary/aromatic N) is 3. The highest BCUT2D eigenvalue weighted by Crippen LogP contribution is 2.15. The van der Waals surface area contributed by atoms with Gasteiger partial charge in [0.05, 0.1) is 19.3 Å². The van der Waals surface area contributed by atoms with E-state index in [0.717, 1.165) is 25.3 Å². The van der Waals surface area contributed by atoms with Crippen LogP contribution in [0, 0.1) is 0 Å². The number of hydrogen-bond acceptors (Lipinski definition) is 6. The molecule has 0 aromatic carbocycles. The second kappa shape index (κ2) is 9.50. The van der Waals surface area contributed by atoms with E-state index >= 15 is 0 Å². The summed E-state index contributed by atoms with van der Waals surface area (Å²) in [4.78, 5) is 11.0. The molecule has 1 heterocycles. The lowest BCUT2D eigenvalue weighted by Crippen LogP contribution is -2.39. The molecule has 1 unspecified atom stereocenters. The molecule has 1 atom stereocenters. The summed E-state index contributed by atoms with van der Waals surface area (Å²) >= 11 is 0. The molecule has 0 aliphatic carbocycles. The van der Waals surface area contributed by atoms with Gasteiger partial charge in [-0.15, -0.1) is 0 Å². The van der Waals surface area contributed by atoms with Crippen molar-refractivity contribution in [2.75, 3.05) is 50.7 Å². The first-order chi connectivity index (χ1) is 9.72. The normalized spacial score (nSPS) is 12.2. The van der Waals surface area contributed by atoms with Crippen LogP contribution in [0.25, 0.3) is 0 Å². The van der Waals surface area contributed by atoms with Crippen LogP contribution in [-0.2, 0) is 9.47 Å². The third-order valence-electron chi connectivity index (χ3n) is 2.94. The molecule has 20 heavy (non-hydrogen) atoms. The summed E-state index contributed by atoms with van der Waals surface area (Å²) in [5.74, 6) is 1.55. The largest absolute Gasteiger partial charge is 0.383 e. The third-order valence-corrected chi connectivity index (χ3v) is 2.94. The lowest BCUT2D eigenvalue weighted by atomic mass is 10.3. The Morgan fingerprint density at radius 1 is 1.35 bits per heavy atom. The fourth-order valence-corrected chi connectivity index (χ4v) is 1.91. The van der Waals surface area contributed by atoms with Gasteiger partial charge in [-0.25, -0.2) is 4.98 Å². The van der Waals surface area contributed by atoms with Crippen molar-refractivity contribution in [2.45, 2.75) is 26.3 Å². The van der Waals surface area contributed by atoms with Crippen molar-refractivity contribution in [2.24, 2.45) is 0 Å². The second-order valence-corrected chi connectivity index (χ2v) is 4.66. The smallest absolute Gasteiger partial charge is 0.224 e. The fraction of sp³-hybridized carbons (Fsp3) is 0.714. The molecule has 0 saturated carbocycles. The van der Waals surface area contributed by atoms with Crippen LogP contribution in [0.3, 0.4) is 0 Å². The minimum atomic E-state index is 0.226. The zero-order valence-corrected chi connectivity index (χ0v) is 12.9. The van der Waals surface area contributed by atoms with E-state index in [1.54, 1.807) is 20.4 Å². The molecule has 0 amide bonds. The van der Waals surface area contributed by atoms with Gasteiger partial charge in [0, 0.05) is 33.5 Å². The molecule has 0 saturated heterocycles. The zero-order chi connectivity index (χ0) is 14.8. The van der Waals surface area contributed by atoms with Crippen molar-refractivity contribution in [1.29, 1.82) is 0 Å². The first-order valence-corrected chi connectivity index (χ1v) is 7.04. The first-order valence-electron chi connectivity index (χ1n) is 7.04. The zero-order valence-electron chi connectivity index (χ0n) is 12.9. The SMILES string of the molecule is CCCNc1nccc(N(CCOC)C(C)COC)n1. The van der Waals surface area contributed by atoms with Crippen LogP contribution in [-0.4, -0.2) is 56.5 Å². The van der Waals surface area contributed by atoms with Crippen LogP contribution in [0.1, 0.15) is 20.3 Å². The van der Waals surface area contributed by atoms with Crippen molar-refractivity contribution < 1.29 is 9.47 Å². The Hall–Kier alpha value is -1.40. The van der Waals surface area contributed by atoms with Crippen LogP contribution in [0.15, 0.2) is 12.3 Å². The molecule has 1 rings (SSSR count). The van der Waals surface area contributed by atoms with Crippen molar-refractivity contribution in [3.05, 3.63) is 12.3 Å². The maximum absolute atomic E-state index is 5.24. The quantitative estimate of drug-likeness (QED) is 0.706. The highest BCUT2D eigenvalue weighted by atomic mass is 16.5. The van der Waals surface area contributed by atoms with Gasteiger partial charge in [0.25, 0.3) is 0 Å². The minimum Gasteiger partial charge on any atom is -0.383 e. The first kappa shape index (κ1) is 16.7. The highest BCUT2D eigenvalue weighted by molar-refractivity contribution is 5.43. The second-order valence-electron chi connectivity index (χ2n) is 4.66. The third kappa shape index (κ3) is 5.30. The van der Waals surface area contributed by atoms with Gasteiger partial charge in [-0.05, 0) is 19.4 Å². The van der Waals surface area contributed by atoms with Crippen LogP contribution < -0.4 is 10.2 Å². The summed E-state index contributed by atoms with van der Waals surface area (Å²) < 4.78 is 10.4. The predicted octanol–water partition coefficient (Wildman–Crippen LogP) is 1.79. The number of nitrogens with one attached hydrogen (secondary N) is 1. The van der Waals surface area contributed by atoms with Crippen molar-refractivity contribution in [1.82, 2.24) is 9.97 Å². The Morgan fingerprint density at radius 2 is 2.15 bits per heavy atom. The Morgan fingerprint density at radius 3 is 2.80 bits per heavy atom. The molecule has 1 aromatic rings.